The Kier molecular flexibility index (Phi) is 4.13. The lowest BCUT2D eigenvalue weighted by Gasteiger charge is -2.22. The van der Waals surface area contributed by atoms with E-state index >= 15 is 0 Å². The van der Waals surface area contributed by atoms with Crippen LogP contribution in [0.4, 0.5) is 0 Å². The first-order chi connectivity index (χ1) is 15.5. The van der Waals surface area contributed by atoms with Crippen molar-refractivity contribution < 1.29 is 0 Å². The fourth-order valence-corrected chi connectivity index (χ4v) is 5.21. The van der Waals surface area contributed by atoms with Crippen molar-refractivity contribution in [3.05, 3.63) is 120 Å². The molecule has 0 aliphatic heterocycles. The van der Waals surface area contributed by atoms with Crippen molar-refractivity contribution in [3.63, 3.8) is 0 Å². The highest BCUT2D eigenvalue weighted by atomic mass is 14.4. The van der Waals surface area contributed by atoms with E-state index in [-0.39, 0.29) is 5.41 Å². The lowest BCUT2D eigenvalue weighted by molar-refractivity contribution is 0.661. The van der Waals surface area contributed by atoms with Crippen molar-refractivity contribution in [2.24, 2.45) is 0 Å². The third-order valence-corrected chi connectivity index (χ3v) is 7.14. The van der Waals surface area contributed by atoms with Crippen LogP contribution in [0.5, 0.6) is 0 Å². The lowest BCUT2D eigenvalue weighted by atomic mass is 9.81. The Hall–Kier alpha value is -3.64. The van der Waals surface area contributed by atoms with Gasteiger partial charge in [-0.1, -0.05) is 104 Å². The number of hydrogen-bond acceptors (Lipinski definition) is 0. The lowest BCUT2D eigenvalue weighted by Crippen LogP contribution is -2.15. The topological polar surface area (TPSA) is 0 Å². The Bertz CT molecular complexity index is 1480. The van der Waals surface area contributed by atoms with Gasteiger partial charge in [0.2, 0.25) is 0 Å². The maximum atomic E-state index is 2.41. The van der Waals surface area contributed by atoms with Crippen molar-refractivity contribution in [1.29, 1.82) is 0 Å². The average Bonchev–Trinajstić information content (AvgIpc) is 3.05. The van der Waals surface area contributed by atoms with Crippen molar-refractivity contribution >= 4 is 10.8 Å². The maximum Gasteiger partial charge on any atom is 0.0159 e. The highest BCUT2D eigenvalue weighted by Gasteiger charge is 2.35. The van der Waals surface area contributed by atoms with Gasteiger partial charge in [0.25, 0.3) is 0 Å². The van der Waals surface area contributed by atoms with E-state index in [4.69, 9.17) is 0 Å². The molecule has 0 radical (unpaired) electrons. The normalized spacial score (nSPS) is 13.7. The molecule has 0 heteroatoms. The molecule has 32 heavy (non-hydrogen) atoms. The molecule has 5 aromatic carbocycles. The van der Waals surface area contributed by atoms with E-state index in [1.54, 1.807) is 0 Å². The first-order valence-electron chi connectivity index (χ1n) is 11.4. The first-order valence-corrected chi connectivity index (χ1v) is 11.4. The number of rotatable bonds is 2. The molecule has 0 heterocycles. The second kappa shape index (κ2) is 6.93. The van der Waals surface area contributed by atoms with Crippen molar-refractivity contribution in [1.82, 2.24) is 0 Å². The summed E-state index contributed by atoms with van der Waals surface area (Å²) in [5.74, 6) is 0. The maximum absolute atomic E-state index is 2.41. The van der Waals surface area contributed by atoms with Gasteiger partial charge >= 0.3 is 0 Å². The van der Waals surface area contributed by atoms with Crippen LogP contribution in [0.2, 0.25) is 0 Å². The molecule has 1 aliphatic carbocycles. The van der Waals surface area contributed by atoms with Crippen molar-refractivity contribution in [2.45, 2.75) is 26.2 Å². The van der Waals surface area contributed by atoms with E-state index in [1.807, 2.05) is 0 Å². The molecule has 6 rings (SSSR count). The van der Waals surface area contributed by atoms with Gasteiger partial charge < -0.3 is 0 Å². The van der Waals surface area contributed by atoms with Gasteiger partial charge in [0.15, 0.2) is 0 Å². The second-order valence-electron chi connectivity index (χ2n) is 9.57. The minimum atomic E-state index is -0.0295. The molecular formula is C32H26. The molecule has 154 valence electrons. The average molecular weight is 411 g/mol. The van der Waals surface area contributed by atoms with Gasteiger partial charge in [-0.15, -0.1) is 0 Å². The zero-order valence-electron chi connectivity index (χ0n) is 18.8. The minimum absolute atomic E-state index is 0.0295. The van der Waals surface area contributed by atoms with Crippen LogP contribution in [0, 0.1) is 6.92 Å². The smallest absolute Gasteiger partial charge is 0.0159 e. The molecule has 0 aromatic heterocycles. The summed E-state index contributed by atoms with van der Waals surface area (Å²) >= 11 is 0. The van der Waals surface area contributed by atoms with Crippen LogP contribution in [-0.2, 0) is 5.41 Å². The Balaban J connectivity index is 1.45. The molecule has 0 N–H and O–H groups in total. The summed E-state index contributed by atoms with van der Waals surface area (Å²) in [6, 6.07) is 38.2. The summed E-state index contributed by atoms with van der Waals surface area (Å²) in [5.41, 5.74) is 12.0. The Morgan fingerprint density at radius 2 is 0.969 bits per heavy atom. The Morgan fingerprint density at radius 1 is 0.469 bits per heavy atom. The van der Waals surface area contributed by atoms with Gasteiger partial charge in [0.05, 0.1) is 0 Å². The molecule has 0 spiro atoms. The molecule has 5 aromatic rings. The van der Waals surface area contributed by atoms with Crippen LogP contribution >= 0.6 is 0 Å². The van der Waals surface area contributed by atoms with Crippen molar-refractivity contribution in [2.75, 3.05) is 0 Å². The van der Waals surface area contributed by atoms with Gasteiger partial charge in [-0.3, -0.25) is 0 Å². The molecule has 0 amide bonds. The predicted octanol–water partition coefficient (Wildman–Crippen LogP) is 8.79. The van der Waals surface area contributed by atoms with Gasteiger partial charge in [-0.05, 0) is 80.4 Å². The number of fused-ring (bicyclic) bond motifs is 4. The predicted molar refractivity (Wildman–Crippen MR) is 137 cm³/mol. The quantitative estimate of drug-likeness (QED) is 0.273. The van der Waals surface area contributed by atoms with Gasteiger partial charge in [-0.25, -0.2) is 0 Å². The van der Waals surface area contributed by atoms with E-state index in [2.05, 4.69) is 124 Å². The van der Waals surface area contributed by atoms with Crippen LogP contribution in [0.3, 0.4) is 0 Å². The Labute approximate surface area is 190 Å². The van der Waals surface area contributed by atoms with E-state index < -0.39 is 0 Å². The van der Waals surface area contributed by atoms with Crippen LogP contribution in [-0.4, -0.2) is 0 Å². The molecule has 1 aliphatic rings. The third kappa shape index (κ3) is 2.91. The summed E-state index contributed by atoms with van der Waals surface area (Å²) in [7, 11) is 0. The zero-order chi connectivity index (χ0) is 21.9. The summed E-state index contributed by atoms with van der Waals surface area (Å²) in [6.07, 6.45) is 0. The van der Waals surface area contributed by atoms with Crippen LogP contribution in [0.25, 0.3) is 44.2 Å². The van der Waals surface area contributed by atoms with E-state index in [1.165, 1.54) is 60.8 Å². The summed E-state index contributed by atoms with van der Waals surface area (Å²) in [4.78, 5) is 0. The number of benzene rings is 5. The molecule has 0 nitrogen and oxygen atoms in total. The number of hydrogen-bond donors (Lipinski definition) is 0. The largest absolute Gasteiger partial charge is 0.0616 e. The molecule has 0 atom stereocenters. The monoisotopic (exact) mass is 410 g/mol. The number of aryl methyl sites for hydroxylation is 1. The summed E-state index contributed by atoms with van der Waals surface area (Å²) in [6.45, 7) is 6.86. The highest BCUT2D eigenvalue weighted by molar-refractivity contribution is 5.89. The van der Waals surface area contributed by atoms with E-state index in [9.17, 15) is 0 Å². The summed E-state index contributed by atoms with van der Waals surface area (Å²) < 4.78 is 0. The van der Waals surface area contributed by atoms with Crippen LogP contribution in [0.15, 0.2) is 103 Å². The molecule has 0 saturated carbocycles. The van der Waals surface area contributed by atoms with Gasteiger partial charge in [0, 0.05) is 5.41 Å². The van der Waals surface area contributed by atoms with Crippen LogP contribution < -0.4 is 0 Å². The standard InChI is InChI=1S/C32H26/c1-21-8-10-23(11-9-21)26-14-16-28-29-17-15-27(20-31(29)32(2,3)30(28)19-26)25-13-12-22-6-4-5-7-24(22)18-25/h4-20H,1-3H3. The van der Waals surface area contributed by atoms with Crippen LogP contribution in [0.1, 0.15) is 30.5 Å². The minimum Gasteiger partial charge on any atom is -0.0616 e. The zero-order valence-corrected chi connectivity index (χ0v) is 18.8. The summed E-state index contributed by atoms with van der Waals surface area (Å²) in [5, 5.41) is 2.57. The van der Waals surface area contributed by atoms with E-state index in [0.29, 0.717) is 0 Å². The fraction of sp³-hybridized carbons (Fsp3) is 0.125. The fourth-order valence-electron chi connectivity index (χ4n) is 5.21. The molecule has 0 saturated heterocycles. The van der Waals surface area contributed by atoms with Gasteiger partial charge in [0.1, 0.15) is 0 Å². The third-order valence-electron chi connectivity index (χ3n) is 7.14. The first kappa shape index (κ1) is 19.1. The Morgan fingerprint density at radius 3 is 1.62 bits per heavy atom. The van der Waals surface area contributed by atoms with Crippen molar-refractivity contribution in [3.8, 4) is 33.4 Å². The molecule has 0 fully saturated rings. The van der Waals surface area contributed by atoms with E-state index in [0.717, 1.165) is 0 Å². The van der Waals surface area contributed by atoms with Gasteiger partial charge in [-0.2, -0.15) is 0 Å². The molecule has 0 bridgehead atoms. The molecular weight excluding hydrogens is 384 g/mol. The second-order valence-corrected chi connectivity index (χ2v) is 9.57. The highest BCUT2D eigenvalue weighted by Crippen LogP contribution is 2.50. The molecule has 0 unspecified atom stereocenters. The SMILES string of the molecule is Cc1ccc(-c2ccc3c(c2)C(C)(C)c2cc(-c4ccc5ccccc5c4)ccc2-3)cc1.